The molecule has 0 spiro atoms. The van der Waals surface area contributed by atoms with E-state index in [0.717, 1.165) is 6.42 Å². The maximum atomic E-state index is 12.1. The smallest absolute Gasteiger partial charge is 0.221 e. The molecule has 1 aromatic carbocycles. The van der Waals surface area contributed by atoms with Crippen LogP contribution in [-0.4, -0.2) is 18.0 Å². The molecule has 1 amide bonds. The van der Waals surface area contributed by atoms with Crippen molar-refractivity contribution >= 4 is 18.3 Å². The second-order valence-corrected chi connectivity index (χ2v) is 5.86. The Hall–Kier alpha value is -1.06. The fraction of sp³-hybridized carbons (Fsp3) is 0.562. The Morgan fingerprint density at radius 3 is 2.30 bits per heavy atom. The molecule has 0 aliphatic carbocycles. The highest BCUT2D eigenvalue weighted by atomic mass is 35.5. The number of aryl methyl sites for hydroxylation is 1. The van der Waals surface area contributed by atoms with Crippen molar-refractivity contribution < 1.29 is 4.79 Å². The molecular formula is C16H27ClN2O. The first-order valence-corrected chi connectivity index (χ1v) is 6.95. The van der Waals surface area contributed by atoms with Crippen LogP contribution in [0.1, 0.15) is 50.7 Å². The number of hydrogen-bond donors (Lipinski definition) is 2. The van der Waals surface area contributed by atoms with Gasteiger partial charge in [0.25, 0.3) is 0 Å². The topological polar surface area (TPSA) is 55.1 Å². The van der Waals surface area contributed by atoms with Crippen LogP contribution in [0.15, 0.2) is 24.3 Å². The molecule has 0 saturated carbocycles. The Kier molecular flexibility index (Phi) is 7.84. The number of carbonyl (C=O) groups excluding carboxylic acids is 1. The van der Waals surface area contributed by atoms with Gasteiger partial charge in [0.1, 0.15) is 0 Å². The summed E-state index contributed by atoms with van der Waals surface area (Å²) in [6.07, 6.45) is 1.47. The lowest BCUT2D eigenvalue weighted by atomic mass is 9.92. The second-order valence-electron chi connectivity index (χ2n) is 5.86. The van der Waals surface area contributed by atoms with Crippen LogP contribution in [0.2, 0.25) is 0 Å². The lowest BCUT2D eigenvalue weighted by Crippen LogP contribution is -2.49. The number of halogens is 1. The van der Waals surface area contributed by atoms with E-state index in [1.165, 1.54) is 11.1 Å². The molecular weight excluding hydrogens is 272 g/mol. The first kappa shape index (κ1) is 18.9. The van der Waals surface area contributed by atoms with E-state index < -0.39 is 0 Å². The number of hydrogen-bond acceptors (Lipinski definition) is 2. The number of rotatable bonds is 6. The van der Waals surface area contributed by atoms with Crippen LogP contribution in [0.4, 0.5) is 0 Å². The van der Waals surface area contributed by atoms with Crippen molar-refractivity contribution in [2.75, 3.05) is 6.54 Å². The molecule has 0 aliphatic heterocycles. The Balaban J connectivity index is 0.00000361. The summed E-state index contributed by atoms with van der Waals surface area (Å²) in [6, 6.07) is 8.43. The van der Waals surface area contributed by atoms with Crippen molar-refractivity contribution in [3.63, 3.8) is 0 Å². The zero-order valence-corrected chi connectivity index (χ0v) is 13.7. The third-order valence-corrected chi connectivity index (χ3v) is 3.46. The molecule has 1 atom stereocenters. The highest BCUT2D eigenvalue weighted by Crippen LogP contribution is 2.23. The molecule has 0 fully saturated rings. The van der Waals surface area contributed by atoms with Gasteiger partial charge in [0.05, 0.1) is 0 Å². The molecule has 1 aromatic rings. The first-order valence-electron chi connectivity index (χ1n) is 6.95. The lowest BCUT2D eigenvalue weighted by molar-refractivity contribution is -0.123. The van der Waals surface area contributed by atoms with Crippen LogP contribution in [0.5, 0.6) is 0 Å². The predicted molar refractivity (Wildman–Crippen MR) is 87.4 cm³/mol. The van der Waals surface area contributed by atoms with Gasteiger partial charge in [-0.25, -0.2) is 0 Å². The van der Waals surface area contributed by atoms with Crippen LogP contribution < -0.4 is 11.1 Å². The van der Waals surface area contributed by atoms with E-state index in [2.05, 4.69) is 43.4 Å². The molecule has 3 N–H and O–H groups in total. The van der Waals surface area contributed by atoms with Gasteiger partial charge in [-0.2, -0.15) is 0 Å². The van der Waals surface area contributed by atoms with Crippen molar-refractivity contribution in [2.24, 2.45) is 5.73 Å². The van der Waals surface area contributed by atoms with Gasteiger partial charge in [-0.3, -0.25) is 4.79 Å². The van der Waals surface area contributed by atoms with Crippen LogP contribution in [0.25, 0.3) is 0 Å². The molecule has 20 heavy (non-hydrogen) atoms. The van der Waals surface area contributed by atoms with E-state index in [1.807, 2.05) is 13.8 Å². The third kappa shape index (κ3) is 5.93. The SMILES string of the molecule is CCC(CC(=O)NC(C)(C)CN)c1ccc(C)cc1.Cl. The van der Waals surface area contributed by atoms with E-state index in [0.29, 0.717) is 13.0 Å². The molecule has 114 valence electrons. The molecule has 0 aliphatic rings. The monoisotopic (exact) mass is 298 g/mol. The summed E-state index contributed by atoms with van der Waals surface area (Å²) in [6.45, 7) is 8.52. The molecule has 4 heteroatoms. The van der Waals surface area contributed by atoms with Crippen molar-refractivity contribution in [1.82, 2.24) is 5.32 Å². The first-order chi connectivity index (χ1) is 8.88. The Morgan fingerprint density at radius 2 is 1.85 bits per heavy atom. The van der Waals surface area contributed by atoms with Crippen molar-refractivity contribution in [3.05, 3.63) is 35.4 Å². The minimum absolute atomic E-state index is 0. The Bertz CT molecular complexity index is 415. The van der Waals surface area contributed by atoms with Crippen LogP contribution in [0.3, 0.4) is 0 Å². The van der Waals surface area contributed by atoms with Crippen molar-refractivity contribution in [2.45, 2.75) is 52.0 Å². The van der Waals surface area contributed by atoms with Gasteiger partial charge in [0.15, 0.2) is 0 Å². The average Bonchev–Trinajstić information content (AvgIpc) is 2.36. The summed E-state index contributed by atoms with van der Waals surface area (Å²) in [7, 11) is 0. The Labute approximate surface area is 128 Å². The highest BCUT2D eigenvalue weighted by Gasteiger charge is 2.21. The quantitative estimate of drug-likeness (QED) is 0.847. The summed E-state index contributed by atoms with van der Waals surface area (Å²) >= 11 is 0. The summed E-state index contributed by atoms with van der Waals surface area (Å²) in [5, 5.41) is 2.99. The molecule has 1 unspecified atom stereocenters. The number of nitrogens with one attached hydrogen (secondary N) is 1. The third-order valence-electron chi connectivity index (χ3n) is 3.46. The molecule has 0 bridgehead atoms. The minimum atomic E-state index is -0.331. The fourth-order valence-corrected chi connectivity index (χ4v) is 2.04. The van der Waals surface area contributed by atoms with E-state index in [9.17, 15) is 4.79 Å². The second kappa shape index (κ2) is 8.28. The molecule has 1 rings (SSSR count). The van der Waals surface area contributed by atoms with E-state index in [4.69, 9.17) is 5.73 Å². The summed E-state index contributed by atoms with van der Waals surface area (Å²) in [4.78, 5) is 12.1. The lowest BCUT2D eigenvalue weighted by Gasteiger charge is -2.25. The highest BCUT2D eigenvalue weighted by molar-refractivity contribution is 5.85. The standard InChI is InChI=1S/C16H26N2O.ClH/c1-5-13(14-8-6-12(2)7-9-14)10-15(19)18-16(3,4)11-17;/h6-9,13H,5,10-11,17H2,1-4H3,(H,18,19);1H. The van der Waals surface area contributed by atoms with Gasteiger partial charge >= 0.3 is 0 Å². The molecule has 0 heterocycles. The zero-order valence-electron chi connectivity index (χ0n) is 12.9. The summed E-state index contributed by atoms with van der Waals surface area (Å²) in [5.74, 6) is 0.344. The molecule has 0 aromatic heterocycles. The van der Waals surface area contributed by atoms with Crippen LogP contribution in [-0.2, 0) is 4.79 Å². The normalized spacial score (nSPS) is 12.4. The van der Waals surface area contributed by atoms with Gasteiger partial charge in [-0.15, -0.1) is 12.4 Å². The zero-order chi connectivity index (χ0) is 14.5. The number of nitrogens with two attached hydrogens (primary N) is 1. The van der Waals surface area contributed by atoms with Gasteiger partial charge in [-0.1, -0.05) is 36.8 Å². The van der Waals surface area contributed by atoms with Gasteiger partial charge < -0.3 is 11.1 Å². The fourth-order valence-electron chi connectivity index (χ4n) is 2.04. The van der Waals surface area contributed by atoms with Crippen LogP contribution in [0, 0.1) is 6.92 Å². The Morgan fingerprint density at radius 1 is 1.30 bits per heavy atom. The molecule has 0 saturated heterocycles. The maximum Gasteiger partial charge on any atom is 0.221 e. The van der Waals surface area contributed by atoms with E-state index in [-0.39, 0.29) is 29.8 Å². The van der Waals surface area contributed by atoms with Gasteiger partial charge in [0, 0.05) is 18.5 Å². The summed E-state index contributed by atoms with van der Waals surface area (Å²) in [5.41, 5.74) is 7.77. The average molecular weight is 299 g/mol. The minimum Gasteiger partial charge on any atom is -0.350 e. The van der Waals surface area contributed by atoms with Gasteiger partial charge in [0.2, 0.25) is 5.91 Å². The predicted octanol–water partition coefficient (Wildman–Crippen LogP) is 3.15. The summed E-state index contributed by atoms with van der Waals surface area (Å²) < 4.78 is 0. The van der Waals surface area contributed by atoms with E-state index in [1.54, 1.807) is 0 Å². The number of carbonyl (C=O) groups is 1. The van der Waals surface area contributed by atoms with Crippen LogP contribution >= 0.6 is 12.4 Å². The van der Waals surface area contributed by atoms with Gasteiger partial charge in [-0.05, 0) is 38.7 Å². The molecule has 3 nitrogen and oxygen atoms in total. The number of amides is 1. The van der Waals surface area contributed by atoms with E-state index >= 15 is 0 Å². The maximum absolute atomic E-state index is 12.1. The largest absolute Gasteiger partial charge is 0.350 e. The van der Waals surface area contributed by atoms with Crippen molar-refractivity contribution in [3.8, 4) is 0 Å². The van der Waals surface area contributed by atoms with Crippen molar-refractivity contribution in [1.29, 1.82) is 0 Å². The number of benzene rings is 1. The molecule has 0 radical (unpaired) electrons.